The van der Waals surface area contributed by atoms with Crippen molar-refractivity contribution in [3.63, 3.8) is 0 Å². The first-order valence-corrected chi connectivity index (χ1v) is 5.83. The summed E-state index contributed by atoms with van der Waals surface area (Å²) in [6.07, 6.45) is 4.21. The largest absolute Gasteiger partial charge is 0.321 e. The summed E-state index contributed by atoms with van der Waals surface area (Å²) in [6.45, 7) is 2.20. The van der Waals surface area contributed by atoms with E-state index < -0.39 is 0 Å². The van der Waals surface area contributed by atoms with Crippen LogP contribution in [0.5, 0.6) is 0 Å². The SMILES string of the molecule is c1ccc2c(c1)ncn2NC1CCNCC1. The molecular weight excluding hydrogens is 200 g/mol. The van der Waals surface area contributed by atoms with E-state index in [1.165, 1.54) is 12.8 Å². The van der Waals surface area contributed by atoms with Crippen LogP contribution in [0.2, 0.25) is 0 Å². The molecule has 0 spiro atoms. The van der Waals surface area contributed by atoms with Crippen LogP contribution in [-0.4, -0.2) is 28.8 Å². The maximum atomic E-state index is 4.37. The zero-order chi connectivity index (χ0) is 10.8. The number of piperidine rings is 1. The van der Waals surface area contributed by atoms with Gasteiger partial charge >= 0.3 is 0 Å². The number of imidazole rings is 1. The predicted molar refractivity (Wildman–Crippen MR) is 65.0 cm³/mol. The Morgan fingerprint density at radius 3 is 2.94 bits per heavy atom. The monoisotopic (exact) mass is 216 g/mol. The second-order valence-corrected chi connectivity index (χ2v) is 4.26. The highest BCUT2D eigenvalue weighted by Crippen LogP contribution is 2.12. The van der Waals surface area contributed by atoms with E-state index in [2.05, 4.69) is 21.8 Å². The molecule has 0 atom stereocenters. The van der Waals surface area contributed by atoms with Gasteiger partial charge in [-0.1, -0.05) is 12.1 Å². The van der Waals surface area contributed by atoms with Gasteiger partial charge in [-0.05, 0) is 38.1 Å². The van der Waals surface area contributed by atoms with Gasteiger partial charge in [-0.25, -0.2) is 9.66 Å². The van der Waals surface area contributed by atoms with Gasteiger partial charge in [0.25, 0.3) is 0 Å². The van der Waals surface area contributed by atoms with Crippen LogP contribution in [0.15, 0.2) is 30.6 Å². The third kappa shape index (κ3) is 1.76. The Labute approximate surface area is 94.6 Å². The fourth-order valence-corrected chi connectivity index (χ4v) is 2.21. The number of nitrogens with one attached hydrogen (secondary N) is 2. The molecule has 0 radical (unpaired) electrons. The number of para-hydroxylation sites is 2. The summed E-state index contributed by atoms with van der Waals surface area (Å²) in [6, 6.07) is 8.75. The molecule has 1 aliphatic heterocycles. The van der Waals surface area contributed by atoms with Crippen LogP contribution >= 0.6 is 0 Å². The lowest BCUT2D eigenvalue weighted by Gasteiger charge is -2.25. The molecule has 1 aromatic carbocycles. The molecule has 84 valence electrons. The van der Waals surface area contributed by atoms with Crippen LogP contribution in [0, 0.1) is 0 Å². The number of nitrogens with zero attached hydrogens (tertiary/aromatic N) is 2. The molecule has 0 amide bonds. The normalized spacial score (nSPS) is 17.8. The van der Waals surface area contributed by atoms with Crippen LogP contribution in [0.25, 0.3) is 11.0 Å². The summed E-state index contributed by atoms with van der Waals surface area (Å²) in [5, 5.41) is 3.37. The zero-order valence-corrected chi connectivity index (χ0v) is 9.19. The van der Waals surface area contributed by atoms with E-state index in [1.807, 2.05) is 29.2 Å². The summed E-state index contributed by atoms with van der Waals surface area (Å²) >= 11 is 0. The first-order chi connectivity index (χ1) is 7.93. The number of hydrogen-bond acceptors (Lipinski definition) is 3. The van der Waals surface area contributed by atoms with E-state index in [1.54, 1.807) is 0 Å². The van der Waals surface area contributed by atoms with Gasteiger partial charge in [-0.15, -0.1) is 0 Å². The van der Waals surface area contributed by atoms with Crippen LogP contribution < -0.4 is 10.7 Å². The molecule has 3 rings (SSSR count). The van der Waals surface area contributed by atoms with E-state index in [4.69, 9.17) is 0 Å². The molecule has 0 bridgehead atoms. The van der Waals surface area contributed by atoms with Gasteiger partial charge in [0, 0.05) is 6.04 Å². The van der Waals surface area contributed by atoms with E-state index in [-0.39, 0.29) is 0 Å². The lowest BCUT2D eigenvalue weighted by Crippen LogP contribution is -2.38. The van der Waals surface area contributed by atoms with Gasteiger partial charge in [0.15, 0.2) is 0 Å². The molecule has 0 saturated carbocycles. The lowest BCUT2D eigenvalue weighted by molar-refractivity contribution is 0.456. The molecular formula is C12H16N4. The van der Waals surface area contributed by atoms with Crippen molar-refractivity contribution >= 4 is 11.0 Å². The van der Waals surface area contributed by atoms with Gasteiger partial charge in [0.2, 0.25) is 0 Å². The molecule has 1 fully saturated rings. The topological polar surface area (TPSA) is 41.9 Å². The molecule has 4 heteroatoms. The van der Waals surface area contributed by atoms with Crippen LogP contribution in [0.3, 0.4) is 0 Å². The molecule has 1 aromatic heterocycles. The molecule has 0 aliphatic carbocycles. The molecule has 4 nitrogen and oxygen atoms in total. The molecule has 2 heterocycles. The van der Waals surface area contributed by atoms with E-state index in [0.717, 1.165) is 24.1 Å². The zero-order valence-electron chi connectivity index (χ0n) is 9.19. The summed E-state index contributed by atoms with van der Waals surface area (Å²) in [7, 11) is 0. The number of benzene rings is 1. The van der Waals surface area contributed by atoms with Crippen molar-refractivity contribution in [2.24, 2.45) is 0 Å². The van der Waals surface area contributed by atoms with Crippen molar-refractivity contribution in [2.45, 2.75) is 18.9 Å². The Morgan fingerprint density at radius 1 is 1.25 bits per heavy atom. The minimum Gasteiger partial charge on any atom is -0.321 e. The average Bonchev–Trinajstić information content (AvgIpc) is 2.74. The number of hydrogen-bond donors (Lipinski definition) is 2. The average molecular weight is 216 g/mol. The van der Waals surface area contributed by atoms with Gasteiger partial charge in [-0.3, -0.25) is 0 Å². The quantitative estimate of drug-likeness (QED) is 0.796. The minimum atomic E-state index is 0.554. The highest BCUT2D eigenvalue weighted by molar-refractivity contribution is 5.75. The Morgan fingerprint density at radius 2 is 2.06 bits per heavy atom. The van der Waals surface area contributed by atoms with Gasteiger partial charge in [0.1, 0.15) is 6.33 Å². The van der Waals surface area contributed by atoms with E-state index >= 15 is 0 Å². The van der Waals surface area contributed by atoms with Crippen molar-refractivity contribution in [2.75, 3.05) is 18.5 Å². The van der Waals surface area contributed by atoms with E-state index in [0.29, 0.717) is 6.04 Å². The van der Waals surface area contributed by atoms with Gasteiger partial charge in [-0.2, -0.15) is 0 Å². The molecule has 0 unspecified atom stereocenters. The van der Waals surface area contributed by atoms with Gasteiger partial charge in [0.05, 0.1) is 11.0 Å². The molecule has 2 N–H and O–H groups in total. The summed E-state index contributed by atoms with van der Waals surface area (Å²) < 4.78 is 2.05. The van der Waals surface area contributed by atoms with Crippen molar-refractivity contribution in [1.82, 2.24) is 15.0 Å². The standard InChI is InChI=1S/C12H16N4/c1-2-4-12-11(3-1)14-9-16(12)15-10-5-7-13-8-6-10/h1-4,9-10,13,15H,5-8H2. The molecule has 16 heavy (non-hydrogen) atoms. The number of rotatable bonds is 2. The maximum Gasteiger partial charge on any atom is 0.115 e. The van der Waals surface area contributed by atoms with Crippen molar-refractivity contribution in [1.29, 1.82) is 0 Å². The smallest absolute Gasteiger partial charge is 0.115 e. The second kappa shape index (κ2) is 4.14. The maximum absolute atomic E-state index is 4.37. The highest BCUT2D eigenvalue weighted by Gasteiger charge is 2.13. The third-order valence-corrected chi connectivity index (χ3v) is 3.11. The fourth-order valence-electron chi connectivity index (χ4n) is 2.21. The van der Waals surface area contributed by atoms with Crippen LogP contribution in [-0.2, 0) is 0 Å². The van der Waals surface area contributed by atoms with E-state index in [9.17, 15) is 0 Å². The Kier molecular flexibility index (Phi) is 2.50. The Balaban J connectivity index is 1.83. The van der Waals surface area contributed by atoms with Crippen molar-refractivity contribution < 1.29 is 0 Å². The molecule has 1 saturated heterocycles. The summed E-state index contributed by atoms with van der Waals surface area (Å²) in [4.78, 5) is 4.37. The lowest BCUT2D eigenvalue weighted by atomic mass is 10.1. The van der Waals surface area contributed by atoms with Crippen molar-refractivity contribution in [3.8, 4) is 0 Å². The number of aromatic nitrogens is 2. The number of fused-ring (bicyclic) bond motifs is 1. The summed E-state index contributed by atoms with van der Waals surface area (Å²) in [5.41, 5.74) is 5.72. The first-order valence-electron chi connectivity index (χ1n) is 5.83. The fraction of sp³-hybridized carbons (Fsp3) is 0.417. The first kappa shape index (κ1) is 9.66. The summed E-state index contributed by atoms with van der Waals surface area (Å²) in [5.74, 6) is 0. The highest BCUT2D eigenvalue weighted by atomic mass is 15.4. The molecule has 1 aliphatic rings. The minimum absolute atomic E-state index is 0.554. The van der Waals surface area contributed by atoms with Gasteiger partial charge < -0.3 is 10.7 Å². The van der Waals surface area contributed by atoms with Crippen LogP contribution in [0.1, 0.15) is 12.8 Å². The van der Waals surface area contributed by atoms with Crippen LogP contribution in [0.4, 0.5) is 0 Å². The molecule has 2 aromatic rings. The predicted octanol–water partition coefficient (Wildman–Crippen LogP) is 1.33. The third-order valence-electron chi connectivity index (χ3n) is 3.11. The van der Waals surface area contributed by atoms with Crippen molar-refractivity contribution in [3.05, 3.63) is 30.6 Å². The second-order valence-electron chi connectivity index (χ2n) is 4.26. The Bertz CT molecular complexity index is 471. The Hall–Kier alpha value is -1.55.